The second-order valence-corrected chi connectivity index (χ2v) is 7.42. The molecule has 2 aromatic heterocycles. The van der Waals surface area contributed by atoms with E-state index in [1.54, 1.807) is 18.0 Å². The summed E-state index contributed by atoms with van der Waals surface area (Å²) >= 11 is 1.55. The lowest BCUT2D eigenvalue weighted by atomic mass is 10.3. The number of rotatable bonds is 6. The minimum atomic E-state index is -0.983. The molecule has 118 valence electrons. The van der Waals surface area contributed by atoms with E-state index in [0.717, 1.165) is 27.3 Å². The molecule has 0 aliphatic rings. The van der Waals surface area contributed by atoms with E-state index in [1.165, 1.54) is 0 Å². The molecule has 1 atom stereocenters. The summed E-state index contributed by atoms with van der Waals surface area (Å²) < 4.78 is 14.1. The largest absolute Gasteiger partial charge is 0.304 e. The van der Waals surface area contributed by atoms with E-state index >= 15 is 0 Å². The number of pyridine rings is 1. The SMILES string of the molecule is Cn1c(SCC[S@@](=O)c2ccccc2)nnc1-c1ccccn1. The zero-order chi connectivity index (χ0) is 16.1. The molecule has 3 rings (SSSR count). The normalized spacial score (nSPS) is 12.2. The Morgan fingerprint density at radius 2 is 1.87 bits per heavy atom. The molecule has 0 aliphatic carbocycles. The Bertz CT molecular complexity index is 790. The Hall–Kier alpha value is -1.99. The Morgan fingerprint density at radius 1 is 1.09 bits per heavy atom. The maximum absolute atomic E-state index is 12.2. The van der Waals surface area contributed by atoms with Crippen molar-refractivity contribution in [3.8, 4) is 11.5 Å². The Morgan fingerprint density at radius 3 is 2.61 bits per heavy atom. The molecule has 23 heavy (non-hydrogen) atoms. The van der Waals surface area contributed by atoms with Crippen LogP contribution in [0.5, 0.6) is 0 Å². The first-order chi connectivity index (χ1) is 11.3. The van der Waals surface area contributed by atoms with Gasteiger partial charge < -0.3 is 4.57 Å². The number of thioether (sulfide) groups is 1. The van der Waals surface area contributed by atoms with Gasteiger partial charge in [-0.05, 0) is 24.3 Å². The molecule has 0 saturated heterocycles. The topological polar surface area (TPSA) is 60.7 Å². The van der Waals surface area contributed by atoms with Crippen molar-refractivity contribution < 1.29 is 4.21 Å². The highest BCUT2D eigenvalue weighted by atomic mass is 32.2. The van der Waals surface area contributed by atoms with Crippen molar-refractivity contribution in [3.63, 3.8) is 0 Å². The molecule has 0 saturated carbocycles. The molecule has 2 heterocycles. The summed E-state index contributed by atoms with van der Waals surface area (Å²) in [7, 11) is 0.934. The third kappa shape index (κ3) is 3.86. The minimum Gasteiger partial charge on any atom is -0.304 e. The second kappa shape index (κ2) is 7.52. The zero-order valence-electron chi connectivity index (χ0n) is 12.6. The summed E-state index contributed by atoms with van der Waals surface area (Å²) in [6.07, 6.45) is 1.74. The zero-order valence-corrected chi connectivity index (χ0v) is 14.3. The van der Waals surface area contributed by atoms with Crippen LogP contribution in [0.1, 0.15) is 0 Å². The van der Waals surface area contributed by atoms with Crippen molar-refractivity contribution in [2.24, 2.45) is 7.05 Å². The summed E-state index contributed by atoms with van der Waals surface area (Å²) in [6.45, 7) is 0. The van der Waals surface area contributed by atoms with E-state index in [0.29, 0.717) is 5.75 Å². The van der Waals surface area contributed by atoms with Crippen molar-refractivity contribution in [2.45, 2.75) is 10.1 Å². The van der Waals surface area contributed by atoms with Crippen LogP contribution in [0.2, 0.25) is 0 Å². The fourth-order valence-electron chi connectivity index (χ4n) is 2.06. The van der Waals surface area contributed by atoms with E-state index in [4.69, 9.17) is 0 Å². The van der Waals surface area contributed by atoms with E-state index in [9.17, 15) is 4.21 Å². The van der Waals surface area contributed by atoms with Gasteiger partial charge in [-0.2, -0.15) is 0 Å². The van der Waals surface area contributed by atoms with Gasteiger partial charge in [-0.15, -0.1) is 10.2 Å². The lowest BCUT2D eigenvalue weighted by Crippen LogP contribution is -2.02. The number of hydrogen-bond acceptors (Lipinski definition) is 5. The molecule has 0 N–H and O–H groups in total. The molecule has 0 aliphatic heterocycles. The molecule has 1 aromatic carbocycles. The molecular weight excluding hydrogens is 328 g/mol. The van der Waals surface area contributed by atoms with Gasteiger partial charge in [-0.3, -0.25) is 9.19 Å². The van der Waals surface area contributed by atoms with Crippen LogP contribution in [0.3, 0.4) is 0 Å². The van der Waals surface area contributed by atoms with Gasteiger partial charge >= 0.3 is 0 Å². The fourth-order valence-corrected chi connectivity index (χ4v) is 4.25. The summed E-state index contributed by atoms with van der Waals surface area (Å²) in [5.41, 5.74) is 0.794. The molecule has 0 spiro atoms. The molecule has 0 fully saturated rings. The van der Waals surface area contributed by atoms with Crippen LogP contribution >= 0.6 is 11.8 Å². The van der Waals surface area contributed by atoms with Gasteiger partial charge in [0.05, 0.1) is 10.8 Å². The third-order valence-corrected chi connectivity index (χ3v) is 5.89. The van der Waals surface area contributed by atoms with Gasteiger partial charge in [0.25, 0.3) is 0 Å². The maximum Gasteiger partial charge on any atom is 0.191 e. The molecule has 0 radical (unpaired) electrons. The van der Waals surface area contributed by atoms with Crippen LogP contribution in [-0.2, 0) is 17.8 Å². The number of hydrogen-bond donors (Lipinski definition) is 0. The summed E-state index contributed by atoms with van der Waals surface area (Å²) in [5.74, 6) is 2.04. The average Bonchev–Trinajstić information content (AvgIpc) is 2.97. The third-order valence-electron chi connectivity index (χ3n) is 3.23. The lowest BCUT2D eigenvalue weighted by molar-refractivity contribution is 0.684. The van der Waals surface area contributed by atoms with Gasteiger partial charge in [0.15, 0.2) is 11.0 Å². The predicted molar refractivity (Wildman–Crippen MR) is 92.7 cm³/mol. The summed E-state index contributed by atoms with van der Waals surface area (Å²) in [5, 5.41) is 9.20. The summed E-state index contributed by atoms with van der Waals surface area (Å²) in [4.78, 5) is 5.15. The van der Waals surface area contributed by atoms with Crippen LogP contribution in [-0.4, -0.2) is 35.5 Å². The van der Waals surface area contributed by atoms with Crippen LogP contribution in [0, 0.1) is 0 Å². The van der Waals surface area contributed by atoms with Crippen molar-refractivity contribution >= 4 is 22.6 Å². The Labute approximate surface area is 141 Å². The Balaban J connectivity index is 1.61. The lowest BCUT2D eigenvalue weighted by Gasteiger charge is -2.04. The molecular formula is C16H16N4OS2. The van der Waals surface area contributed by atoms with Crippen LogP contribution < -0.4 is 0 Å². The van der Waals surface area contributed by atoms with Gasteiger partial charge in [0.1, 0.15) is 5.69 Å². The van der Waals surface area contributed by atoms with Gasteiger partial charge in [-0.25, -0.2) is 0 Å². The highest BCUT2D eigenvalue weighted by molar-refractivity contribution is 8.00. The van der Waals surface area contributed by atoms with Crippen molar-refractivity contribution in [1.29, 1.82) is 0 Å². The molecule has 0 bridgehead atoms. The molecule has 0 unspecified atom stereocenters. The highest BCUT2D eigenvalue weighted by Crippen LogP contribution is 2.21. The summed E-state index contributed by atoms with van der Waals surface area (Å²) in [6, 6.07) is 15.2. The predicted octanol–water partition coefficient (Wildman–Crippen LogP) is 2.78. The Kier molecular flexibility index (Phi) is 5.19. The van der Waals surface area contributed by atoms with E-state index in [1.807, 2.05) is 60.1 Å². The van der Waals surface area contributed by atoms with Crippen molar-refractivity contribution in [2.75, 3.05) is 11.5 Å². The van der Waals surface area contributed by atoms with Gasteiger partial charge in [0.2, 0.25) is 0 Å². The van der Waals surface area contributed by atoms with Crippen molar-refractivity contribution in [1.82, 2.24) is 19.7 Å². The first-order valence-electron chi connectivity index (χ1n) is 7.13. The maximum atomic E-state index is 12.2. The number of aromatic nitrogens is 4. The van der Waals surface area contributed by atoms with Crippen LogP contribution in [0.15, 0.2) is 64.8 Å². The quantitative estimate of drug-likeness (QED) is 0.644. The first-order valence-corrected chi connectivity index (χ1v) is 9.43. The van der Waals surface area contributed by atoms with Gasteiger partial charge in [-0.1, -0.05) is 36.0 Å². The fraction of sp³-hybridized carbons (Fsp3) is 0.188. The van der Waals surface area contributed by atoms with E-state index < -0.39 is 10.8 Å². The average molecular weight is 344 g/mol. The molecule has 0 amide bonds. The van der Waals surface area contributed by atoms with E-state index in [-0.39, 0.29) is 0 Å². The standard InChI is InChI=1S/C16H16N4OS2/c1-20-15(14-9-5-6-10-17-14)18-19-16(20)22-11-12-23(21)13-7-3-2-4-8-13/h2-10H,11-12H2,1H3/t23-/m1/s1. The smallest absolute Gasteiger partial charge is 0.191 e. The number of nitrogens with zero attached hydrogens (tertiary/aromatic N) is 4. The molecule has 3 aromatic rings. The molecule has 7 heteroatoms. The first kappa shape index (κ1) is 15.9. The minimum absolute atomic E-state index is 0.584. The molecule has 5 nitrogen and oxygen atoms in total. The highest BCUT2D eigenvalue weighted by Gasteiger charge is 2.12. The van der Waals surface area contributed by atoms with Crippen molar-refractivity contribution in [3.05, 3.63) is 54.7 Å². The van der Waals surface area contributed by atoms with Crippen LogP contribution in [0.4, 0.5) is 0 Å². The van der Waals surface area contributed by atoms with E-state index in [2.05, 4.69) is 15.2 Å². The second-order valence-electron chi connectivity index (χ2n) is 4.79. The monoisotopic (exact) mass is 344 g/mol. The van der Waals surface area contributed by atoms with Gasteiger partial charge in [0, 0.05) is 29.6 Å². The number of benzene rings is 1. The van der Waals surface area contributed by atoms with Crippen LogP contribution in [0.25, 0.3) is 11.5 Å².